The van der Waals surface area contributed by atoms with Crippen molar-refractivity contribution in [1.29, 1.82) is 0 Å². The highest BCUT2D eigenvalue weighted by molar-refractivity contribution is 5.94. The van der Waals surface area contributed by atoms with E-state index in [4.69, 9.17) is 13.6 Å². The number of rotatable bonds is 4. The van der Waals surface area contributed by atoms with Crippen LogP contribution in [0.1, 0.15) is 47.4 Å². The van der Waals surface area contributed by atoms with Crippen molar-refractivity contribution >= 4 is 11.9 Å². The van der Waals surface area contributed by atoms with Gasteiger partial charge in [0.2, 0.25) is 11.5 Å². The van der Waals surface area contributed by atoms with Crippen LogP contribution >= 0.6 is 0 Å². The summed E-state index contributed by atoms with van der Waals surface area (Å²) in [7, 11) is 0. The van der Waals surface area contributed by atoms with Crippen LogP contribution in [0.2, 0.25) is 0 Å². The van der Waals surface area contributed by atoms with Gasteiger partial charge in [0.15, 0.2) is 0 Å². The summed E-state index contributed by atoms with van der Waals surface area (Å²) in [5, 5.41) is 9.32. The first-order valence-corrected chi connectivity index (χ1v) is 7.99. The number of carboxylic acids is 1. The topological polar surface area (TPSA) is 89.9 Å². The fraction of sp³-hybridized carbons (Fsp3) is 0.200. The van der Waals surface area contributed by atoms with E-state index < -0.39 is 11.9 Å². The van der Waals surface area contributed by atoms with Gasteiger partial charge in [-0.25, -0.2) is 9.59 Å². The summed E-state index contributed by atoms with van der Waals surface area (Å²) in [6, 6.07) is 9.81. The molecule has 2 aromatic heterocycles. The molecule has 0 unspecified atom stereocenters. The van der Waals surface area contributed by atoms with Crippen LogP contribution in [0.4, 0.5) is 0 Å². The third-order valence-corrected chi connectivity index (χ3v) is 3.88. The predicted molar refractivity (Wildman–Crippen MR) is 93.5 cm³/mol. The zero-order valence-corrected chi connectivity index (χ0v) is 14.6. The minimum Gasteiger partial charge on any atom is -0.475 e. The average Bonchev–Trinajstić information content (AvgIpc) is 3.25. The molecule has 1 aromatic carbocycles. The SMILES string of the molecule is CC(C)(C)c1cc(OC(=O)c2ccco2)ccc1-c1ccoc1C(=O)O. The maximum absolute atomic E-state index is 12.1. The van der Waals surface area contributed by atoms with Crippen LogP contribution in [0.25, 0.3) is 11.1 Å². The van der Waals surface area contributed by atoms with Gasteiger partial charge in [-0.2, -0.15) is 0 Å². The van der Waals surface area contributed by atoms with Crippen molar-refractivity contribution in [3.63, 3.8) is 0 Å². The molecule has 0 fully saturated rings. The summed E-state index contributed by atoms with van der Waals surface area (Å²) in [6.07, 6.45) is 2.74. The Kier molecular flexibility index (Phi) is 4.42. The van der Waals surface area contributed by atoms with E-state index in [1.54, 1.807) is 30.3 Å². The van der Waals surface area contributed by atoms with Crippen LogP contribution in [0.3, 0.4) is 0 Å². The minimum absolute atomic E-state index is 0.106. The minimum atomic E-state index is -1.14. The van der Waals surface area contributed by atoms with Crippen molar-refractivity contribution in [1.82, 2.24) is 0 Å². The number of aromatic carboxylic acids is 1. The first-order valence-electron chi connectivity index (χ1n) is 7.99. The molecular formula is C20H18O6. The van der Waals surface area contributed by atoms with Gasteiger partial charge in [-0.05, 0) is 46.9 Å². The highest BCUT2D eigenvalue weighted by Crippen LogP contribution is 2.37. The first-order chi connectivity index (χ1) is 12.3. The van der Waals surface area contributed by atoms with Crippen LogP contribution < -0.4 is 4.74 Å². The first kappa shape index (κ1) is 17.5. The molecule has 0 saturated heterocycles. The lowest BCUT2D eigenvalue weighted by molar-refractivity contribution is 0.0661. The van der Waals surface area contributed by atoms with Crippen molar-refractivity contribution in [2.45, 2.75) is 26.2 Å². The molecule has 26 heavy (non-hydrogen) atoms. The van der Waals surface area contributed by atoms with Crippen molar-refractivity contribution in [2.24, 2.45) is 0 Å². The predicted octanol–water partition coefficient (Wildman–Crippen LogP) is 4.75. The van der Waals surface area contributed by atoms with Gasteiger partial charge >= 0.3 is 11.9 Å². The van der Waals surface area contributed by atoms with Crippen molar-refractivity contribution < 1.29 is 28.3 Å². The largest absolute Gasteiger partial charge is 0.475 e. The van der Waals surface area contributed by atoms with Crippen LogP contribution in [0.15, 0.2) is 57.8 Å². The monoisotopic (exact) mass is 354 g/mol. The van der Waals surface area contributed by atoms with E-state index in [-0.39, 0.29) is 16.9 Å². The fourth-order valence-electron chi connectivity index (χ4n) is 2.68. The molecule has 3 aromatic rings. The molecular weight excluding hydrogens is 336 g/mol. The van der Waals surface area contributed by atoms with Crippen LogP contribution in [-0.4, -0.2) is 17.0 Å². The summed E-state index contributed by atoms with van der Waals surface area (Å²) >= 11 is 0. The lowest BCUT2D eigenvalue weighted by atomic mass is 9.81. The second-order valence-corrected chi connectivity index (χ2v) is 6.79. The van der Waals surface area contributed by atoms with Crippen LogP contribution in [0, 0.1) is 0 Å². The number of benzene rings is 1. The molecule has 6 heteroatoms. The molecule has 0 radical (unpaired) electrons. The Balaban J connectivity index is 2.03. The van der Waals surface area contributed by atoms with Crippen molar-refractivity contribution in [3.8, 4) is 16.9 Å². The number of carboxylic acid groups (broad SMARTS) is 1. The van der Waals surface area contributed by atoms with E-state index in [2.05, 4.69) is 0 Å². The molecule has 0 aliphatic heterocycles. The molecule has 6 nitrogen and oxygen atoms in total. The summed E-state index contributed by atoms with van der Waals surface area (Å²) in [5.41, 5.74) is 1.69. The van der Waals surface area contributed by atoms with E-state index in [1.807, 2.05) is 20.8 Å². The summed E-state index contributed by atoms with van der Waals surface area (Å²) in [4.78, 5) is 23.5. The van der Waals surface area contributed by atoms with E-state index in [9.17, 15) is 14.7 Å². The molecule has 1 N–H and O–H groups in total. The molecule has 0 bridgehead atoms. The summed E-state index contributed by atoms with van der Waals surface area (Å²) in [6.45, 7) is 5.97. The number of ether oxygens (including phenoxy) is 1. The fourth-order valence-corrected chi connectivity index (χ4v) is 2.68. The smallest absolute Gasteiger partial charge is 0.379 e. The molecule has 0 amide bonds. The molecule has 0 atom stereocenters. The van der Waals surface area contributed by atoms with Gasteiger partial charge in [0.1, 0.15) is 5.75 Å². The molecule has 2 heterocycles. The van der Waals surface area contributed by atoms with Gasteiger partial charge in [0.25, 0.3) is 0 Å². The van der Waals surface area contributed by atoms with Gasteiger partial charge in [-0.3, -0.25) is 0 Å². The third-order valence-electron chi connectivity index (χ3n) is 3.88. The molecule has 0 saturated carbocycles. The Morgan fingerprint density at radius 3 is 2.38 bits per heavy atom. The normalized spacial score (nSPS) is 11.3. The Morgan fingerprint density at radius 2 is 1.77 bits per heavy atom. The second-order valence-electron chi connectivity index (χ2n) is 6.79. The van der Waals surface area contributed by atoms with E-state index in [0.717, 1.165) is 5.56 Å². The van der Waals surface area contributed by atoms with Gasteiger partial charge in [-0.15, -0.1) is 0 Å². The van der Waals surface area contributed by atoms with E-state index in [1.165, 1.54) is 18.6 Å². The van der Waals surface area contributed by atoms with Gasteiger partial charge in [-0.1, -0.05) is 26.8 Å². The highest BCUT2D eigenvalue weighted by atomic mass is 16.5. The van der Waals surface area contributed by atoms with Crippen molar-refractivity contribution in [2.75, 3.05) is 0 Å². The Bertz CT molecular complexity index is 941. The van der Waals surface area contributed by atoms with Crippen LogP contribution in [0.5, 0.6) is 5.75 Å². The quantitative estimate of drug-likeness (QED) is 0.537. The molecule has 3 rings (SSSR count). The number of hydrogen-bond donors (Lipinski definition) is 1. The van der Waals surface area contributed by atoms with Gasteiger partial charge in [0.05, 0.1) is 12.5 Å². The Morgan fingerprint density at radius 1 is 1.00 bits per heavy atom. The van der Waals surface area contributed by atoms with Gasteiger partial charge < -0.3 is 18.7 Å². The lowest BCUT2D eigenvalue weighted by Crippen LogP contribution is -2.14. The van der Waals surface area contributed by atoms with Crippen LogP contribution in [-0.2, 0) is 5.41 Å². The molecule has 0 aliphatic carbocycles. The molecule has 0 spiro atoms. The molecule has 0 aliphatic rings. The van der Waals surface area contributed by atoms with E-state index >= 15 is 0 Å². The third kappa shape index (κ3) is 3.39. The molecule has 134 valence electrons. The number of carbonyl (C=O) groups excluding carboxylic acids is 1. The Labute approximate surface area is 150 Å². The lowest BCUT2D eigenvalue weighted by Gasteiger charge is -2.23. The maximum atomic E-state index is 12.1. The zero-order chi connectivity index (χ0) is 18.9. The summed E-state index contributed by atoms with van der Waals surface area (Å²) in [5.74, 6) is -1.42. The highest BCUT2D eigenvalue weighted by Gasteiger charge is 2.25. The zero-order valence-electron chi connectivity index (χ0n) is 14.6. The number of hydrogen-bond acceptors (Lipinski definition) is 5. The second kappa shape index (κ2) is 6.55. The van der Waals surface area contributed by atoms with E-state index in [0.29, 0.717) is 16.9 Å². The number of carbonyl (C=O) groups is 2. The number of esters is 1. The number of furan rings is 2. The maximum Gasteiger partial charge on any atom is 0.379 e. The standard InChI is InChI=1S/C20H18O6/c1-20(2,3)15-11-12(26-19(23)16-5-4-9-24-16)6-7-13(15)14-8-10-25-17(14)18(21)22/h4-11H,1-3H3,(H,21,22). The Hall–Kier alpha value is -3.28. The van der Waals surface area contributed by atoms with Gasteiger partial charge in [0, 0.05) is 5.56 Å². The van der Waals surface area contributed by atoms with Crippen molar-refractivity contribution in [3.05, 3.63) is 66.0 Å². The summed E-state index contributed by atoms with van der Waals surface area (Å²) < 4.78 is 15.5. The average molecular weight is 354 g/mol.